The van der Waals surface area contributed by atoms with Gasteiger partial charge in [-0.2, -0.15) is 0 Å². The smallest absolute Gasteiger partial charge is 0.171 e. The Morgan fingerprint density at radius 3 is 1.69 bits per heavy atom. The molecule has 0 radical (unpaired) electrons. The van der Waals surface area contributed by atoms with Crippen molar-refractivity contribution in [1.29, 1.82) is 0 Å². The number of furan rings is 2. The molecule has 0 aliphatic carbocycles. The Bertz CT molecular complexity index is 645. The molecule has 0 unspecified atom stereocenters. The lowest BCUT2D eigenvalue weighted by Crippen LogP contribution is -1.63. The second-order valence-corrected chi connectivity index (χ2v) is 5.41. The minimum Gasteiger partial charge on any atom is -0.452 e. The number of rotatable bonds is 1. The van der Waals surface area contributed by atoms with E-state index in [2.05, 4.69) is 0 Å². The standard InChI is InChI=1S/C12H6O2S2/c1-3-15-11-5-9(13-7(1)11)10-6-12-8(14-10)2-4-16-12/h1-6H. The van der Waals surface area contributed by atoms with Gasteiger partial charge in [0.1, 0.15) is 11.2 Å². The highest BCUT2D eigenvalue weighted by molar-refractivity contribution is 7.17. The van der Waals surface area contributed by atoms with E-state index in [1.807, 2.05) is 35.0 Å². The summed E-state index contributed by atoms with van der Waals surface area (Å²) in [5, 5.41) is 4.05. The minimum atomic E-state index is 0.810. The molecule has 0 atom stereocenters. The van der Waals surface area contributed by atoms with Crippen LogP contribution in [0.2, 0.25) is 0 Å². The first-order valence-electron chi connectivity index (χ1n) is 4.84. The second-order valence-electron chi connectivity index (χ2n) is 3.52. The molecule has 16 heavy (non-hydrogen) atoms. The van der Waals surface area contributed by atoms with Crippen LogP contribution in [0, 0.1) is 0 Å². The Hall–Kier alpha value is -1.52. The maximum Gasteiger partial charge on any atom is 0.171 e. The van der Waals surface area contributed by atoms with E-state index in [-0.39, 0.29) is 0 Å². The van der Waals surface area contributed by atoms with Crippen LogP contribution in [0.1, 0.15) is 0 Å². The molecule has 0 N–H and O–H groups in total. The summed E-state index contributed by atoms with van der Waals surface area (Å²) in [5.41, 5.74) is 1.86. The average molecular weight is 246 g/mol. The van der Waals surface area contributed by atoms with Crippen LogP contribution >= 0.6 is 22.7 Å². The van der Waals surface area contributed by atoms with Gasteiger partial charge in [0, 0.05) is 12.1 Å². The monoisotopic (exact) mass is 246 g/mol. The normalized spacial score (nSPS) is 11.8. The lowest BCUT2D eigenvalue weighted by Gasteiger charge is -1.87. The maximum absolute atomic E-state index is 5.71. The van der Waals surface area contributed by atoms with Crippen LogP contribution in [-0.4, -0.2) is 0 Å². The molecule has 2 nitrogen and oxygen atoms in total. The zero-order chi connectivity index (χ0) is 10.5. The van der Waals surface area contributed by atoms with Gasteiger partial charge in [0.2, 0.25) is 0 Å². The largest absolute Gasteiger partial charge is 0.452 e. The van der Waals surface area contributed by atoms with Crippen molar-refractivity contribution in [3.05, 3.63) is 35.0 Å². The van der Waals surface area contributed by atoms with Crippen molar-refractivity contribution in [2.75, 3.05) is 0 Å². The summed E-state index contributed by atoms with van der Waals surface area (Å²) < 4.78 is 13.8. The molecule has 4 aromatic rings. The SMILES string of the molecule is c1cc2oc(-c3cc4sccc4o3)cc2s1. The van der Waals surface area contributed by atoms with Crippen molar-refractivity contribution in [2.45, 2.75) is 0 Å². The Morgan fingerprint density at radius 2 is 1.25 bits per heavy atom. The summed E-state index contributed by atoms with van der Waals surface area (Å²) >= 11 is 3.36. The third-order valence-corrected chi connectivity index (χ3v) is 4.21. The van der Waals surface area contributed by atoms with Gasteiger partial charge in [-0.1, -0.05) is 0 Å². The number of thiophene rings is 2. The molecule has 4 rings (SSSR count). The summed E-state index contributed by atoms with van der Waals surface area (Å²) in [6.45, 7) is 0. The van der Waals surface area contributed by atoms with Crippen molar-refractivity contribution in [3.8, 4) is 11.5 Å². The van der Waals surface area contributed by atoms with Crippen LogP contribution in [0.25, 0.3) is 32.1 Å². The summed E-state index contributed by atoms with van der Waals surface area (Å²) in [7, 11) is 0. The van der Waals surface area contributed by atoms with Crippen molar-refractivity contribution in [1.82, 2.24) is 0 Å². The molecule has 0 fully saturated rings. The fraction of sp³-hybridized carbons (Fsp3) is 0. The maximum atomic E-state index is 5.71. The van der Waals surface area contributed by atoms with Crippen LogP contribution in [0.5, 0.6) is 0 Å². The van der Waals surface area contributed by atoms with Crippen molar-refractivity contribution >= 4 is 43.2 Å². The first-order valence-corrected chi connectivity index (χ1v) is 6.60. The fourth-order valence-electron chi connectivity index (χ4n) is 1.77. The van der Waals surface area contributed by atoms with E-state index < -0.39 is 0 Å². The van der Waals surface area contributed by atoms with Crippen molar-refractivity contribution in [3.63, 3.8) is 0 Å². The number of hydrogen-bond donors (Lipinski definition) is 0. The molecular weight excluding hydrogens is 240 g/mol. The summed E-state index contributed by atoms with van der Waals surface area (Å²) in [5.74, 6) is 1.62. The minimum absolute atomic E-state index is 0.810. The molecule has 4 heterocycles. The zero-order valence-electron chi connectivity index (χ0n) is 8.10. The molecule has 0 saturated carbocycles. The van der Waals surface area contributed by atoms with E-state index in [0.717, 1.165) is 32.1 Å². The van der Waals surface area contributed by atoms with E-state index >= 15 is 0 Å². The van der Waals surface area contributed by atoms with E-state index in [9.17, 15) is 0 Å². The zero-order valence-corrected chi connectivity index (χ0v) is 9.73. The first-order chi connectivity index (χ1) is 7.90. The first kappa shape index (κ1) is 8.61. The van der Waals surface area contributed by atoms with Crippen LogP contribution in [0.15, 0.2) is 43.9 Å². The third kappa shape index (κ3) is 1.11. The molecule has 0 saturated heterocycles. The Labute approximate surface area is 98.7 Å². The molecular formula is C12H6O2S2. The van der Waals surface area contributed by atoms with E-state index in [1.165, 1.54) is 0 Å². The predicted molar refractivity (Wildman–Crippen MR) is 67.2 cm³/mol. The van der Waals surface area contributed by atoms with Crippen LogP contribution < -0.4 is 0 Å². The van der Waals surface area contributed by atoms with Gasteiger partial charge in [-0.05, 0) is 22.9 Å². The van der Waals surface area contributed by atoms with Crippen molar-refractivity contribution in [2.24, 2.45) is 0 Å². The van der Waals surface area contributed by atoms with Crippen LogP contribution in [0.4, 0.5) is 0 Å². The van der Waals surface area contributed by atoms with Crippen LogP contribution in [0.3, 0.4) is 0 Å². The Balaban J connectivity index is 1.96. The molecule has 78 valence electrons. The molecule has 0 spiro atoms. The quantitative estimate of drug-likeness (QED) is 0.474. The molecule has 0 amide bonds. The van der Waals surface area contributed by atoms with Gasteiger partial charge in [0.25, 0.3) is 0 Å². The molecule has 0 aliphatic heterocycles. The molecule has 4 aromatic heterocycles. The average Bonchev–Trinajstić information content (AvgIpc) is 2.94. The molecule has 0 aliphatic rings. The Morgan fingerprint density at radius 1 is 0.750 bits per heavy atom. The number of hydrogen-bond acceptors (Lipinski definition) is 4. The van der Waals surface area contributed by atoms with Crippen molar-refractivity contribution < 1.29 is 8.83 Å². The summed E-state index contributed by atoms with van der Waals surface area (Å²) in [6, 6.07) is 8.02. The number of fused-ring (bicyclic) bond motifs is 2. The van der Waals surface area contributed by atoms with Gasteiger partial charge in [0.05, 0.1) is 9.40 Å². The lowest BCUT2D eigenvalue weighted by molar-refractivity contribution is 0.570. The second kappa shape index (κ2) is 2.99. The highest BCUT2D eigenvalue weighted by Gasteiger charge is 2.12. The van der Waals surface area contributed by atoms with Gasteiger partial charge in [0.15, 0.2) is 11.5 Å². The van der Waals surface area contributed by atoms with Gasteiger partial charge >= 0.3 is 0 Å². The van der Waals surface area contributed by atoms with E-state index in [0.29, 0.717) is 0 Å². The Kier molecular flexibility index (Phi) is 1.61. The predicted octanol–water partition coefficient (Wildman–Crippen LogP) is 4.97. The topological polar surface area (TPSA) is 26.3 Å². The van der Waals surface area contributed by atoms with Gasteiger partial charge in [-0.25, -0.2) is 0 Å². The highest BCUT2D eigenvalue weighted by atomic mass is 32.1. The fourth-order valence-corrected chi connectivity index (χ4v) is 3.25. The van der Waals surface area contributed by atoms with Gasteiger partial charge in [-0.3, -0.25) is 0 Å². The molecule has 4 heteroatoms. The van der Waals surface area contributed by atoms with Gasteiger partial charge < -0.3 is 8.83 Å². The van der Waals surface area contributed by atoms with E-state index in [1.54, 1.807) is 22.7 Å². The summed E-state index contributed by atoms with van der Waals surface area (Å²) in [6.07, 6.45) is 0. The third-order valence-electron chi connectivity index (χ3n) is 2.52. The molecule has 0 bridgehead atoms. The summed E-state index contributed by atoms with van der Waals surface area (Å²) in [4.78, 5) is 0. The lowest BCUT2D eigenvalue weighted by atomic mass is 10.3. The van der Waals surface area contributed by atoms with Crippen LogP contribution in [-0.2, 0) is 0 Å². The highest BCUT2D eigenvalue weighted by Crippen LogP contribution is 2.35. The van der Waals surface area contributed by atoms with E-state index in [4.69, 9.17) is 8.83 Å². The molecule has 0 aromatic carbocycles. The van der Waals surface area contributed by atoms with Gasteiger partial charge in [-0.15, -0.1) is 22.7 Å².